The van der Waals surface area contributed by atoms with Crippen LogP contribution in [0.1, 0.15) is 26.3 Å². The molecule has 354 valence electrons. The molecule has 0 N–H and O–H groups in total. The molecule has 3 nitrogen and oxygen atoms in total. The molecule has 0 atom stereocenters. The maximum Gasteiger partial charge on any atom is 0.0618 e. The lowest BCUT2D eigenvalue weighted by Gasteiger charge is -2.34. The van der Waals surface area contributed by atoms with Crippen molar-refractivity contribution in [1.82, 2.24) is 4.57 Å². The molecule has 0 aliphatic heterocycles. The number of nitrogens with zero attached hydrogens (tertiary/aromatic N) is 3. The van der Waals surface area contributed by atoms with Crippen molar-refractivity contribution in [3.05, 3.63) is 271 Å². The molecule has 0 saturated carbocycles. The van der Waals surface area contributed by atoms with E-state index in [9.17, 15) is 0 Å². The van der Waals surface area contributed by atoms with Crippen LogP contribution in [0.5, 0.6) is 0 Å². The van der Waals surface area contributed by atoms with E-state index in [1.54, 1.807) is 0 Å². The lowest BCUT2D eigenvalue weighted by atomic mass is 9.86. The summed E-state index contributed by atoms with van der Waals surface area (Å²) in [5.41, 5.74) is 15.4. The van der Waals surface area contributed by atoms with E-state index in [1.807, 2.05) is 0 Å². The third kappa shape index (κ3) is 7.90. The molecule has 0 fully saturated rings. The minimum absolute atomic E-state index is 0.230. The predicted molar refractivity (Wildman–Crippen MR) is 320 cm³/mol. The quantitative estimate of drug-likeness (QED) is 0.134. The van der Waals surface area contributed by atoms with Gasteiger partial charge in [0, 0.05) is 60.5 Å². The average molecular weight is 1020 g/mol. The van der Waals surface area contributed by atoms with Gasteiger partial charge in [0.1, 0.15) is 0 Å². The van der Waals surface area contributed by atoms with Gasteiger partial charge < -0.3 is 14.4 Å². The van der Waals surface area contributed by atoms with E-state index >= 15 is 0 Å². The highest BCUT2D eigenvalue weighted by Crippen LogP contribution is 2.50. The maximum atomic E-state index is 3.79. The lowest BCUT2D eigenvalue weighted by molar-refractivity contribution is 0.590. The van der Waals surface area contributed by atoms with E-state index in [-0.39, 0.29) is 5.41 Å². The predicted octanol–water partition coefficient (Wildman–Crippen LogP) is 20.6. The zero-order valence-corrected chi connectivity index (χ0v) is 43.1. The lowest BCUT2D eigenvalue weighted by Crippen LogP contribution is -2.18. The molecule has 74 heavy (non-hydrogen) atoms. The van der Waals surface area contributed by atoms with Crippen molar-refractivity contribution in [3.8, 4) is 27.9 Å². The molecule has 0 saturated heterocycles. The minimum Gasteiger partial charge on any atom is -0.310 e. The van der Waals surface area contributed by atoms with Gasteiger partial charge in [-0.1, -0.05) is 213 Å². The van der Waals surface area contributed by atoms with Gasteiger partial charge in [-0.2, -0.15) is 0 Å². The fourth-order valence-corrected chi connectivity index (χ4v) is 11.5. The summed E-state index contributed by atoms with van der Waals surface area (Å²) in [7, 11) is 0. The van der Waals surface area contributed by atoms with Gasteiger partial charge in [0.15, 0.2) is 0 Å². The van der Waals surface area contributed by atoms with Crippen LogP contribution in [-0.2, 0) is 5.41 Å². The monoisotopic (exact) mass is 1010 g/mol. The molecule has 0 unspecified atom stereocenters. The number of hydrogen-bond donors (Lipinski definition) is 0. The van der Waals surface area contributed by atoms with Crippen LogP contribution in [0.3, 0.4) is 0 Å². The summed E-state index contributed by atoms with van der Waals surface area (Å²) in [5.74, 6) is 0. The van der Waals surface area contributed by atoms with E-state index in [4.69, 9.17) is 0 Å². The Morgan fingerprint density at radius 1 is 0.324 bits per heavy atom. The van der Waals surface area contributed by atoms with Gasteiger partial charge >= 0.3 is 0 Å². The standard InChI is InChI=1S/C70H52BrN3/c1-70(2,3)49-42-55(45-56(43-49)73(51-38-36-50(71)37-39-51)69-57(47-20-6-4-7-21-47)32-19-33-58(69)48-22-8-5-9-23-48)72(54-40-41-63-61-28-11-10-26-59(61)60-27-12-13-29-62(60)66(63)46-54)52-24-18-25-53(44-52)74-67-34-16-14-30-64(67)65-31-15-17-35-68(65)74/h4-46H,1-3H3. The summed E-state index contributed by atoms with van der Waals surface area (Å²) in [4.78, 5) is 4.98. The Bertz CT molecular complexity index is 4100. The number of rotatable bonds is 9. The van der Waals surface area contributed by atoms with Crippen LogP contribution in [0.25, 0.3) is 82.1 Å². The van der Waals surface area contributed by atoms with Crippen molar-refractivity contribution in [1.29, 1.82) is 0 Å². The van der Waals surface area contributed by atoms with Crippen LogP contribution in [0.4, 0.5) is 34.1 Å². The van der Waals surface area contributed by atoms with E-state index in [0.29, 0.717) is 0 Å². The normalized spacial score (nSPS) is 11.8. The highest BCUT2D eigenvalue weighted by Gasteiger charge is 2.27. The Labute approximate surface area is 441 Å². The molecule has 13 aromatic rings. The van der Waals surface area contributed by atoms with Crippen LogP contribution in [0.2, 0.25) is 0 Å². The van der Waals surface area contributed by atoms with E-state index in [2.05, 4.69) is 312 Å². The first-order chi connectivity index (χ1) is 36.3. The van der Waals surface area contributed by atoms with Crippen LogP contribution >= 0.6 is 15.9 Å². The van der Waals surface area contributed by atoms with Gasteiger partial charge in [-0.05, 0) is 139 Å². The topological polar surface area (TPSA) is 11.4 Å². The van der Waals surface area contributed by atoms with Crippen LogP contribution in [0, 0.1) is 0 Å². The molecule has 1 aromatic heterocycles. The second-order valence-electron chi connectivity index (χ2n) is 20.3. The number of fused-ring (bicyclic) bond motifs is 9. The van der Waals surface area contributed by atoms with Crippen LogP contribution in [0.15, 0.2) is 265 Å². The third-order valence-electron chi connectivity index (χ3n) is 14.7. The van der Waals surface area contributed by atoms with E-state index in [0.717, 1.165) is 66.5 Å². The van der Waals surface area contributed by atoms with Crippen molar-refractivity contribution in [3.63, 3.8) is 0 Å². The largest absolute Gasteiger partial charge is 0.310 e. The summed E-state index contributed by atoms with van der Waals surface area (Å²) in [6.07, 6.45) is 0. The molecule has 0 radical (unpaired) electrons. The Kier molecular flexibility index (Phi) is 11.2. The fourth-order valence-electron chi connectivity index (χ4n) is 11.2. The molecule has 13 rings (SSSR count). The number of aromatic nitrogens is 1. The maximum absolute atomic E-state index is 3.79. The molecule has 0 bridgehead atoms. The molecule has 0 aliphatic carbocycles. The van der Waals surface area contributed by atoms with Gasteiger partial charge in [0.2, 0.25) is 0 Å². The van der Waals surface area contributed by atoms with Gasteiger partial charge in [-0.15, -0.1) is 0 Å². The molecule has 1 heterocycles. The first kappa shape index (κ1) is 45.2. The first-order valence-electron chi connectivity index (χ1n) is 25.4. The molecule has 12 aromatic carbocycles. The molecular weight excluding hydrogens is 963 g/mol. The van der Waals surface area contributed by atoms with Crippen molar-refractivity contribution < 1.29 is 0 Å². The summed E-state index contributed by atoms with van der Waals surface area (Å²) < 4.78 is 3.44. The summed E-state index contributed by atoms with van der Waals surface area (Å²) in [6, 6.07) is 95.8. The molecule has 0 aliphatic rings. The number of hydrogen-bond acceptors (Lipinski definition) is 2. The van der Waals surface area contributed by atoms with Crippen molar-refractivity contribution >= 4 is 104 Å². The second-order valence-corrected chi connectivity index (χ2v) is 21.2. The van der Waals surface area contributed by atoms with E-state index in [1.165, 1.54) is 59.7 Å². The Morgan fingerprint density at radius 2 is 0.770 bits per heavy atom. The molecule has 0 spiro atoms. The number of anilines is 6. The van der Waals surface area contributed by atoms with Crippen molar-refractivity contribution in [2.75, 3.05) is 9.80 Å². The van der Waals surface area contributed by atoms with Crippen molar-refractivity contribution in [2.45, 2.75) is 26.2 Å². The second kappa shape index (κ2) is 18.4. The minimum atomic E-state index is -0.230. The summed E-state index contributed by atoms with van der Waals surface area (Å²) >= 11 is 3.79. The van der Waals surface area contributed by atoms with Gasteiger partial charge in [0.25, 0.3) is 0 Å². The summed E-state index contributed by atoms with van der Waals surface area (Å²) in [6.45, 7) is 6.98. The SMILES string of the molecule is CC(C)(C)c1cc(N(c2cccc(-n3c4ccccc4c4ccccc43)c2)c2ccc3c4ccccc4c4ccccc4c3c2)cc(N(c2ccc(Br)cc2)c2c(-c3ccccc3)cccc2-c2ccccc2)c1. The van der Waals surface area contributed by atoms with Crippen LogP contribution in [-0.4, -0.2) is 4.57 Å². The average Bonchev–Trinajstić information content (AvgIpc) is 3.78. The molecule has 4 heteroatoms. The molecule has 0 amide bonds. The number of benzene rings is 12. The highest BCUT2D eigenvalue weighted by atomic mass is 79.9. The number of halogens is 1. The highest BCUT2D eigenvalue weighted by molar-refractivity contribution is 9.10. The van der Waals surface area contributed by atoms with E-state index < -0.39 is 0 Å². The fraction of sp³-hybridized carbons (Fsp3) is 0.0571. The Morgan fingerprint density at radius 3 is 1.32 bits per heavy atom. The first-order valence-corrected chi connectivity index (χ1v) is 26.2. The summed E-state index contributed by atoms with van der Waals surface area (Å²) in [5, 5.41) is 9.92. The Balaban J connectivity index is 1.12. The van der Waals surface area contributed by atoms with Crippen LogP contribution < -0.4 is 9.80 Å². The Hall–Kier alpha value is -8.70. The van der Waals surface area contributed by atoms with Gasteiger partial charge in [0.05, 0.1) is 16.7 Å². The van der Waals surface area contributed by atoms with Crippen molar-refractivity contribution in [2.24, 2.45) is 0 Å². The molecular formula is C70H52BrN3. The van der Waals surface area contributed by atoms with Gasteiger partial charge in [-0.25, -0.2) is 0 Å². The zero-order chi connectivity index (χ0) is 49.9. The van der Waals surface area contributed by atoms with Gasteiger partial charge in [-0.3, -0.25) is 0 Å². The smallest absolute Gasteiger partial charge is 0.0618 e. The zero-order valence-electron chi connectivity index (χ0n) is 41.5. The number of para-hydroxylation sites is 3. The third-order valence-corrected chi connectivity index (χ3v) is 15.2.